The first-order valence-electron chi connectivity index (χ1n) is 6.88. The largest absolute Gasteiger partial charge is 0.474 e. The van der Waals surface area contributed by atoms with Gasteiger partial charge in [-0.25, -0.2) is 4.98 Å². The third kappa shape index (κ3) is 4.65. The van der Waals surface area contributed by atoms with Crippen LogP contribution in [0, 0.1) is 12.8 Å². The molecule has 3 heteroatoms. The molecule has 102 valence electrons. The van der Waals surface area contributed by atoms with E-state index in [1.165, 1.54) is 5.56 Å². The Balaban J connectivity index is 2.61. The SMILES string of the molecule is CCCNCc1ccc(OC(C)C(C)C)nc1C. The van der Waals surface area contributed by atoms with Gasteiger partial charge in [-0.3, -0.25) is 0 Å². The minimum atomic E-state index is 0.195. The standard InChI is InChI=1S/C15H26N2O/c1-6-9-16-10-14-7-8-15(17-12(14)4)18-13(5)11(2)3/h7-8,11,13,16H,6,9-10H2,1-5H3. The monoisotopic (exact) mass is 250 g/mol. The van der Waals surface area contributed by atoms with Crippen LogP contribution in [0.3, 0.4) is 0 Å². The fourth-order valence-electron chi connectivity index (χ4n) is 1.55. The van der Waals surface area contributed by atoms with Gasteiger partial charge in [0, 0.05) is 18.3 Å². The van der Waals surface area contributed by atoms with Gasteiger partial charge < -0.3 is 10.1 Å². The van der Waals surface area contributed by atoms with Gasteiger partial charge >= 0.3 is 0 Å². The van der Waals surface area contributed by atoms with Gasteiger partial charge in [0.15, 0.2) is 0 Å². The van der Waals surface area contributed by atoms with Gasteiger partial charge in [0.1, 0.15) is 0 Å². The Morgan fingerprint density at radius 2 is 2.00 bits per heavy atom. The van der Waals surface area contributed by atoms with E-state index in [0.717, 1.165) is 31.1 Å². The molecular weight excluding hydrogens is 224 g/mol. The Morgan fingerprint density at radius 1 is 1.28 bits per heavy atom. The van der Waals surface area contributed by atoms with E-state index in [1.54, 1.807) is 0 Å². The summed E-state index contributed by atoms with van der Waals surface area (Å²) in [6.07, 6.45) is 1.35. The van der Waals surface area contributed by atoms with Crippen LogP contribution in [0.1, 0.15) is 45.4 Å². The van der Waals surface area contributed by atoms with Crippen molar-refractivity contribution in [3.63, 3.8) is 0 Å². The van der Waals surface area contributed by atoms with Crippen molar-refractivity contribution in [1.29, 1.82) is 0 Å². The van der Waals surface area contributed by atoms with Crippen molar-refractivity contribution < 1.29 is 4.74 Å². The zero-order chi connectivity index (χ0) is 13.5. The highest BCUT2D eigenvalue weighted by molar-refractivity contribution is 5.25. The van der Waals surface area contributed by atoms with Crippen LogP contribution in [0.4, 0.5) is 0 Å². The highest BCUT2D eigenvalue weighted by Crippen LogP contribution is 2.16. The predicted octanol–water partition coefficient (Wildman–Crippen LogP) is 3.31. The normalized spacial score (nSPS) is 12.8. The minimum absolute atomic E-state index is 0.195. The Morgan fingerprint density at radius 3 is 2.56 bits per heavy atom. The van der Waals surface area contributed by atoms with Crippen LogP contribution >= 0.6 is 0 Å². The van der Waals surface area contributed by atoms with Crippen LogP contribution in [0.25, 0.3) is 0 Å². The average molecular weight is 250 g/mol. The second-order valence-electron chi connectivity index (χ2n) is 5.14. The topological polar surface area (TPSA) is 34.1 Å². The van der Waals surface area contributed by atoms with Gasteiger partial charge in [-0.15, -0.1) is 0 Å². The average Bonchev–Trinajstić information content (AvgIpc) is 2.32. The molecule has 0 saturated heterocycles. The molecule has 0 aliphatic heterocycles. The van der Waals surface area contributed by atoms with Gasteiger partial charge in [0.2, 0.25) is 5.88 Å². The van der Waals surface area contributed by atoms with Crippen molar-refractivity contribution in [2.75, 3.05) is 6.54 Å². The fourth-order valence-corrected chi connectivity index (χ4v) is 1.55. The van der Waals surface area contributed by atoms with Crippen molar-refractivity contribution >= 4 is 0 Å². The molecule has 1 rings (SSSR count). The van der Waals surface area contributed by atoms with Crippen molar-refractivity contribution in [3.8, 4) is 5.88 Å². The first-order chi connectivity index (χ1) is 8.54. The van der Waals surface area contributed by atoms with Crippen LogP contribution in [0.15, 0.2) is 12.1 Å². The summed E-state index contributed by atoms with van der Waals surface area (Å²) in [7, 11) is 0. The maximum Gasteiger partial charge on any atom is 0.213 e. The number of nitrogens with one attached hydrogen (secondary N) is 1. The number of aromatic nitrogens is 1. The summed E-state index contributed by atoms with van der Waals surface area (Å²) < 4.78 is 5.81. The van der Waals surface area contributed by atoms with Crippen LogP contribution in [-0.4, -0.2) is 17.6 Å². The molecule has 1 atom stereocenters. The highest BCUT2D eigenvalue weighted by atomic mass is 16.5. The molecule has 1 N–H and O–H groups in total. The van der Waals surface area contributed by atoms with E-state index in [1.807, 2.05) is 13.0 Å². The quantitative estimate of drug-likeness (QED) is 0.754. The van der Waals surface area contributed by atoms with Crippen molar-refractivity contribution in [2.24, 2.45) is 5.92 Å². The molecule has 0 amide bonds. The summed E-state index contributed by atoms with van der Waals surface area (Å²) in [5.74, 6) is 1.23. The summed E-state index contributed by atoms with van der Waals surface area (Å²) in [5.41, 5.74) is 2.29. The lowest BCUT2D eigenvalue weighted by Crippen LogP contribution is -2.20. The Hall–Kier alpha value is -1.09. The van der Waals surface area contributed by atoms with E-state index in [-0.39, 0.29) is 6.10 Å². The lowest BCUT2D eigenvalue weighted by atomic mass is 10.1. The van der Waals surface area contributed by atoms with Gasteiger partial charge in [0.25, 0.3) is 0 Å². The first-order valence-corrected chi connectivity index (χ1v) is 6.88. The number of pyridine rings is 1. The van der Waals surface area contributed by atoms with Crippen LogP contribution in [0.5, 0.6) is 5.88 Å². The van der Waals surface area contributed by atoms with E-state index in [4.69, 9.17) is 4.74 Å². The number of hydrogen-bond acceptors (Lipinski definition) is 3. The molecule has 1 aromatic heterocycles. The molecule has 3 nitrogen and oxygen atoms in total. The van der Waals surface area contributed by atoms with Crippen LogP contribution in [0.2, 0.25) is 0 Å². The molecule has 0 radical (unpaired) electrons. The van der Waals surface area contributed by atoms with Crippen molar-refractivity contribution in [3.05, 3.63) is 23.4 Å². The zero-order valence-corrected chi connectivity index (χ0v) is 12.3. The molecule has 0 bridgehead atoms. The second-order valence-corrected chi connectivity index (χ2v) is 5.14. The van der Waals surface area contributed by atoms with Gasteiger partial charge in [-0.2, -0.15) is 0 Å². The van der Waals surface area contributed by atoms with Gasteiger partial charge in [-0.05, 0) is 38.3 Å². The maximum absolute atomic E-state index is 5.81. The summed E-state index contributed by atoms with van der Waals surface area (Å²) in [4.78, 5) is 4.51. The number of aryl methyl sites for hydroxylation is 1. The molecule has 0 aromatic carbocycles. The summed E-state index contributed by atoms with van der Waals surface area (Å²) in [5, 5.41) is 3.39. The Labute approximate surface area is 111 Å². The third-order valence-corrected chi connectivity index (χ3v) is 3.16. The molecule has 0 fully saturated rings. The van der Waals surface area contributed by atoms with E-state index in [0.29, 0.717) is 5.92 Å². The lowest BCUT2D eigenvalue weighted by molar-refractivity contribution is 0.163. The third-order valence-electron chi connectivity index (χ3n) is 3.16. The number of ether oxygens (including phenoxy) is 1. The molecule has 0 aliphatic rings. The molecule has 0 spiro atoms. The summed E-state index contributed by atoms with van der Waals surface area (Å²) in [6.45, 7) is 12.5. The van der Waals surface area contributed by atoms with Crippen molar-refractivity contribution in [1.82, 2.24) is 10.3 Å². The Kier molecular flexibility index (Phi) is 6.13. The zero-order valence-electron chi connectivity index (χ0n) is 12.3. The smallest absolute Gasteiger partial charge is 0.213 e. The first kappa shape index (κ1) is 15.0. The number of hydrogen-bond donors (Lipinski definition) is 1. The summed E-state index contributed by atoms with van der Waals surface area (Å²) >= 11 is 0. The van der Waals surface area contributed by atoms with Crippen LogP contribution < -0.4 is 10.1 Å². The van der Waals surface area contributed by atoms with E-state index >= 15 is 0 Å². The molecule has 1 unspecified atom stereocenters. The lowest BCUT2D eigenvalue weighted by Gasteiger charge is -2.18. The van der Waals surface area contributed by atoms with Gasteiger partial charge in [0.05, 0.1) is 6.10 Å². The molecule has 1 aromatic rings. The fraction of sp³-hybridized carbons (Fsp3) is 0.667. The second kappa shape index (κ2) is 7.37. The molecule has 0 aliphatic carbocycles. The molecule has 1 heterocycles. The maximum atomic E-state index is 5.81. The van der Waals surface area contributed by atoms with E-state index in [2.05, 4.69) is 44.1 Å². The van der Waals surface area contributed by atoms with Crippen LogP contribution in [-0.2, 0) is 6.54 Å². The van der Waals surface area contributed by atoms with E-state index in [9.17, 15) is 0 Å². The molecule has 0 saturated carbocycles. The molecular formula is C15H26N2O. The Bertz CT molecular complexity index is 364. The molecule has 18 heavy (non-hydrogen) atoms. The van der Waals surface area contributed by atoms with Gasteiger partial charge in [-0.1, -0.05) is 26.8 Å². The highest BCUT2D eigenvalue weighted by Gasteiger charge is 2.10. The number of rotatable bonds is 7. The van der Waals surface area contributed by atoms with Crippen molar-refractivity contribution in [2.45, 2.75) is 53.7 Å². The summed E-state index contributed by atoms with van der Waals surface area (Å²) in [6, 6.07) is 4.07. The number of nitrogens with zero attached hydrogens (tertiary/aromatic N) is 1. The van der Waals surface area contributed by atoms with E-state index < -0.39 is 0 Å². The minimum Gasteiger partial charge on any atom is -0.474 e. The predicted molar refractivity (Wildman–Crippen MR) is 75.9 cm³/mol.